The van der Waals surface area contributed by atoms with Gasteiger partial charge in [0.15, 0.2) is 0 Å². The number of hydrogen-bond donors (Lipinski definition) is 3. The number of rotatable bonds is 5. The number of aliphatic hydroxyl groups excluding tert-OH is 3. The second kappa shape index (κ2) is 9.96. The second-order valence-corrected chi connectivity index (χ2v) is 12.3. The molecule has 3 N–H and O–H groups in total. The molecule has 3 fully saturated rings. The van der Waals surface area contributed by atoms with Crippen molar-refractivity contribution < 1.29 is 20.1 Å². The molecule has 4 aliphatic rings. The van der Waals surface area contributed by atoms with Gasteiger partial charge in [0.2, 0.25) is 0 Å². The van der Waals surface area contributed by atoms with E-state index < -0.39 is 0 Å². The summed E-state index contributed by atoms with van der Waals surface area (Å²) in [5, 5.41) is 31.5. The molecule has 0 radical (unpaired) electrons. The molecule has 32 heavy (non-hydrogen) atoms. The first-order chi connectivity index (χ1) is 15.3. The Balaban J connectivity index is 1.63. The van der Waals surface area contributed by atoms with E-state index in [0.717, 1.165) is 31.3 Å². The smallest absolute Gasteiger partial charge is 0.0965 e. The zero-order chi connectivity index (χ0) is 22.9. The molecule has 0 bridgehead atoms. The molecule has 0 aliphatic heterocycles. The summed E-state index contributed by atoms with van der Waals surface area (Å²) in [5.74, 6) is 2.05. The van der Waals surface area contributed by atoms with Gasteiger partial charge in [0, 0.05) is 25.6 Å². The van der Waals surface area contributed by atoms with Crippen molar-refractivity contribution in [1.82, 2.24) is 0 Å². The Bertz CT molecular complexity index is 654. The lowest BCUT2D eigenvalue weighted by molar-refractivity contribution is -0.103. The molecule has 0 aromatic carbocycles. The van der Waals surface area contributed by atoms with E-state index in [9.17, 15) is 15.3 Å². The molecule has 0 amide bonds. The zero-order valence-electron chi connectivity index (χ0n) is 20.8. The van der Waals surface area contributed by atoms with Crippen LogP contribution < -0.4 is 0 Å². The van der Waals surface area contributed by atoms with Crippen molar-refractivity contribution in [3.8, 4) is 0 Å². The summed E-state index contributed by atoms with van der Waals surface area (Å²) in [5.41, 5.74) is 1.99. The molecule has 0 heterocycles. The third kappa shape index (κ3) is 4.53. The fourth-order valence-electron chi connectivity index (χ4n) is 8.65. The molecule has 184 valence electrons. The summed E-state index contributed by atoms with van der Waals surface area (Å²) in [6, 6.07) is 0. The first kappa shape index (κ1) is 24.5. The summed E-state index contributed by atoms with van der Waals surface area (Å²) in [6.07, 6.45) is 16.0. The van der Waals surface area contributed by atoms with E-state index in [2.05, 4.69) is 13.8 Å². The maximum atomic E-state index is 10.8. The van der Waals surface area contributed by atoms with Crippen LogP contribution in [-0.2, 0) is 4.74 Å². The minimum atomic E-state index is -0.375. The lowest BCUT2D eigenvalue weighted by Gasteiger charge is -2.58. The first-order valence-electron chi connectivity index (χ1n) is 13.5. The molecule has 4 heteroatoms. The van der Waals surface area contributed by atoms with Gasteiger partial charge in [-0.25, -0.2) is 0 Å². The molecular formula is C28H48O4. The average Bonchev–Trinajstić information content (AvgIpc) is 2.80. The van der Waals surface area contributed by atoms with E-state index in [0.29, 0.717) is 29.6 Å². The first-order valence-corrected chi connectivity index (χ1v) is 13.5. The highest BCUT2D eigenvalue weighted by atomic mass is 16.5. The third-order valence-corrected chi connectivity index (χ3v) is 10.6. The maximum Gasteiger partial charge on any atom is 0.0965 e. The van der Waals surface area contributed by atoms with Gasteiger partial charge in [-0.2, -0.15) is 0 Å². The third-order valence-electron chi connectivity index (χ3n) is 10.6. The van der Waals surface area contributed by atoms with E-state index in [1.54, 1.807) is 7.11 Å². The lowest BCUT2D eigenvalue weighted by Crippen LogP contribution is -2.51. The van der Waals surface area contributed by atoms with E-state index >= 15 is 0 Å². The number of hydrogen-bond acceptors (Lipinski definition) is 4. The number of allylic oxidation sites excluding steroid dienone is 1. The Morgan fingerprint density at radius 1 is 0.938 bits per heavy atom. The van der Waals surface area contributed by atoms with Crippen LogP contribution in [-0.4, -0.2) is 41.7 Å². The van der Waals surface area contributed by atoms with Crippen LogP contribution in [0.15, 0.2) is 11.3 Å². The van der Waals surface area contributed by atoms with Crippen molar-refractivity contribution >= 4 is 0 Å². The SMILES string of the molecule is COCC1CC(C2([C@@H]3CC(C)[C@H](O)C(CO)C3)CCC3(CCCCC3)CC2)CC(C)=C1O. The summed E-state index contributed by atoms with van der Waals surface area (Å²) in [4.78, 5) is 0. The topological polar surface area (TPSA) is 69.9 Å². The van der Waals surface area contributed by atoms with Gasteiger partial charge in [-0.1, -0.05) is 26.2 Å². The van der Waals surface area contributed by atoms with Gasteiger partial charge in [0.1, 0.15) is 0 Å². The Morgan fingerprint density at radius 2 is 1.62 bits per heavy atom. The maximum absolute atomic E-state index is 10.8. The number of aliphatic hydroxyl groups is 3. The van der Waals surface area contributed by atoms with Gasteiger partial charge in [-0.3, -0.25) is 0 Å². The summed E-state index contributed by atoms with van der Waals surface area (Å²) in [7, 11) is 1.74. The molecule has 4 rings (SSSR count). The second-order valence-electron chi connectivity index (χ2n) is 12.3. The average molecular weight is 449 g/mol. The van der Waals surface area contributed by atoms with Gasteiger partial charge in [0.25, 0.3) is 0 Å². The van der Waals surface area contributed by atoms with Gasteiger partial charge >= 0.3 is 0 Å². The Kier molecular flexibility index (Phi) is 7.64. The van der Waals surface area contributed by atoms with Crippen molar-refractivity contribution in [3.05, 3.63) is 11.3 Å². The monoisotopic (exact) mass is 448 g/mol. The van der Waals surface area contributed by atoms with Crippen molar-refractivity contribution in [2.24, 2.45) is 40.4 Å². The van der Waals surface area contributed by atoms with Crippen LogP contribution in [0.2, 0.25) is 0 Å². The quantitative estimate of drug-likeness (QED) is 0.481. The normalized spacial score (nSPS) is 39.9. The van der Waals surface area contributed by atoms with Crippen LogP contribution in [0.5, 0.6) is 0 Å². The predicted molar refractivity (Wildman–Crippen MR) is 128 cm³/mol. The molecule has 4 aliphatic carbocycles. The summed E-state index contributed by atoms with van der Waals surface area (Å²) < 4.78 is 5.51. The number of methoxy groups -OCH3 is 1. The van der Waals surface area contributed by atoms with Gasteiger partial charge in [-0.15, -0.1) is 0 Å². The molecule has 6 atom stereocenters. The van der Waals surface area contributed by atoms with Crippen molar-refractivity contribution in [1.29, 1.82) is 0 Å². The highest BCUT2D eigenvalue weighted by Crippen LogP contribution is 2.63. The van der Waals surface area contributed by atoms with Crippen LogP contribution in [0, 0.1) is 40.4 Å². The van der Waals surface area contributed by atoms with Gasteiger partial charge in [0.05, 0.1) is 18.5 Å². The Labute approximate surface area is 195 Å². The van der Waals surface area contributed by atoms with E-state index in [4.69, 9.17) is 4.74 Å². The van der Waals surface area contributed by atoms with E-state index in [1.807, 2.05) is 0 Å². The van der Waals surface area contributed by atoms with Crippen molar-refractivity contribution in [2.75, 3.05) is 20.3 Å². The standard InChI is InChI=1S/C28H48O4/c1-19-13-23(15-21(17-29)25(19)30)28(11-9-27(10-12-28)7-5-4-6-8-27)24-14-20(2)26(31)22(16-24)18-32-3/h19,21-25,29-31H,4-18H2,1-3H3/t19?,21?,22?,23-,24?,25+/m1/s1. The number of ether oxygens (including phenoxy) is 1. The van der Waals surface area contributed by atoms with Crippen molar-refractivity contribution in [2.45, 2.75) is 103 Å². The highest BCUT2D eigenvalue weighted by molar-refractivity contribution is 5.16. The molecular weight excluding hydrogens is 400 g/mol. The minimum Gasteiger partial charge on any atom is -0.512 e. The Morgan fingerprint density at radius 3 is 2.25 bits per heavy atom. The van der Waals surface area contributed by atoms with Crippen LogP contribution in [0.4, 0.5) is 0 Å². The van der Waals surface area contributed by atoms with Gasteiger partial charge in [-0.05, 0) is 105 Å². The molecule has 3 saturated carbocycles. The van der Waals surface area contributed by atoms with E-state index in [-0.39, 0.29) is 35.9 Å². The molecule has 4 unspecified atom stereocenters. The molecule has 0 aromatic rings. The zero-order valence-corrected chi connectivity index (χ0v) is 20.8. The predicted octanol–water partition coefficient (Wildman–Crippen LogP) is 6.02. The summed E-state index contributed by atoms with van der Waals surface area (Å²) >= 11 is 0. The van der Waals surface area contributed by atoms with Crippen LogP contribution in [0.25, 0.3) is 0 Å². The molecule has 1 spiro atoms. The fourth-order valence-corrected chi connectivity index (χ4v) is 8.65. The van der Waals surface area contributed by atoms with Crippen LogP contribution in [0.1, 0.15) is 97.3 Å². The van der Waals surface area contributed by atoms with Gasteiger partial charge < -0.3 is 20.1 Å². The van der Waals surface area contributed by atoms with Crippen LogP contribution in [0.3, 0.4) is 0 Å². The lowest BCUT2D eigenvalue weighted by atomic mass is 9.47. The molecule has 0 saturated heterocycles. The fraction of sp³-hybridized carbons (Fsp3) is 0.929. The minimum absolute atomic E-state index is 0.00889. The van der Waals surface area contributed by atoms with Crippen LogP contribution >= 0.6 is 0 Å². The molecule has 4 nitrogen and oxygen atoms in total. The highest BCUT2D eigenvalue weighted by Gasteiger charge is 2.54. The molecule has 0 aromatic heterocycles. The largest absolute Gasteiger partial charge is 0.512 e. The van der Waals surface area contributed by atoms with E-state index in [1.165, 1.54) is 57.8 Å². The van der Waals surface area contributed by atoms with Crippen molar-refractivity contribution in [3.63, 3.8) is 0 Å². The summed E-state index contributed by atoms with van der Waals surface area (Å²) in [6.45, 7) is 4.99. The Hall–Kier alpha value is -0.580.